The number of nitrogens with zero attached hydrogens (tertiary/aromatic N) is 3. The van der Waals surface area contributed by atoms with E-state index in [4.69, 9.17) is 5.11 Å². The van der Waals surface area contributed by atoms with Gasteiger partial charge in [-0.3, -0.25) is 0 Å². The Kier molecular flexibility index (Phi) is 2.51. The summed E-state index contributed by atoms with van der Waals surface area (Å²) in [7, 11) is 0. The Labute approximate surface area is 95.5 Å². The van der Waals surface area contributed by atoms with Gasteiger partial charge in [0, 0.05) is 6.07 Å². The summed E-state index contributed by atoms with van der Waals surface area (Å²) >= 11 is 0. The maximum absolute atomic E-state index is 10.9. The highest BCUT2D eigenvalue weighted by atomic mass is 16.6. The second kappa shape index (κ2) is 3.85. The average Bonchev–Trinajstić information content (AvgIpc) is 2.65. The third-order valence-corrected chi connectivity index (χ3v) is 2.43. The first-order valence-corrected chi connectivity index (χ1v) is 4.93. The number of carboxylic acids is 1. The van der Waals surface area contributed by atoms with E-state index in [2.05, 4.69) is 4.98 Å². The van der Waals surface area contributed by atoms with Gasteiger partial charge in [-0.15, -0.1) is 0 Å². The molecular weight excluding hydrogens is 226 g/mol. The third kappa shape index (κ3) is 1.71. The largest absolute Gasteiger partial charge is 0.478 e. The molecule has 0 unspecified atom stereocenters. The van der Waals surface area contributed by atoms with Crippen molar-refractivity contribution in [1.82, 2.24) is 9.38 Å². The zero-order valence-corrected chi connectivity index (χ0v) is 8.95. The number of aryl methyl sites for hydroxylation is 1. The Morgan fingerprint density at radius 3 is 2.88 bits per heavy atom. The third-order valence-electron chi connectivity index (χ3n) is 2.43. The zero-order valence-electron chi connectivity index (χ0n) is 8.95. The molecule has 0 saturated heterocycles. The molecule has 88 valence electrons. The maximum atomic E-state index is 10.9. The van der Waals surface area contributed by atoms with Gasteiger partial charge in [0.15, 0.2) is 0 Å². The van der Waals surface area contributed by atoms with E-state index >= 15 is 0 Å². The summed E-state index contributed by atoms with van der Waals surface area (Å²) < 4.78 is 1.28. The second-order valence-corrected chi connectivity index (χ2v) is 3.44. The van der Waals surface area contributed by atoms with E-state index in [-0.39, 0.29) is 17.0 Å². The first-order valence-electron chi connectivity index (χ1n) is 4.93. The lowest BCUT2D eigenvalue weighted by molar-refractivity contribution is -0.391. The molecule has 2 aromatic heterocycles. The van der Waals surface area contributed by atoms with Crippen molar-refractivity contribution in [3.8, 4) is 0 Å². The highest BCUT2D eigenvalue weighted by molar-refractivity contribution is 5.88. The molecule has 0 aliphatic rings. The number of carboxylic acid groups (broad SMARTS) is 1. The lowest BCUT2D eigenvalue weighted by Crippen LogP contribution is -1.99. The minimum atomic E-state index is -1.09. The summed E-state index contributed by atoms with van der Waals surface area (Å²) in [5.41, 5.74) is 0.672. The molecule has 7 heteroatoms. The van der Waals surface area contributed by atoms with Crippen molar-refractivity contribution >= 4 is 17.4 Å². The SMILES string of the molecule is CCc1nc2cc(C(=O)O)ccn2c1[N+](=O)[O-]. The summed E-state index contributed by atoms with van der Waals surface area (Å²) in [6.07, 6.45) is 1.77. The van der Waals surface area contributed by atoms with E-state index in [1.807, 2.05) is 0 Å². The number of imidazole rings is 1. The van der Waals surface area contributed by atoms with Crippen LogP contribution in [-0.2, 0) is 6.42 Å². The molecule has 0 fully saturated rings. The van der Waals surface area contributed by atoms with Crippen LogP contribution in [0.2, 0.25) is 0 Å². The number of nitro groups is 1. The van der Waals surface area contributed by atoms with Crippen molar-refractivity contribution < 1.29 is 14.8 Å². The number of pyridine rings is 1. The van der Waals surface area contributed by atoms with Gasteiger partial charge >= 0.3 is 11.8 Å². The Bertz CT molecular complexity index is 617. The molecule has 0 amide bonds. The Hall–Kier alpha value is -2.44. The van der Waals surface area contributed by atoms with Crippen LogP contribution in [0.3, 0.4) is 0 Å². The molecule has 0 spiro atoms. The molecule has 2 rings (SSSR count). The van der Waals surface area contributed by atoms with Crippen molar-refractivity contribution in [2.45, 2.75) is 13.3 Å². The quantitative estimate of drug-likeness (QED) is 0.642. The number of aromatic carboxylic acids is 1. The molecule has 2 aromatic rings. The molecule has 0 saturated carbocycles. The van der Waals surface area contributed by atoms with E-state index in [0.29, 0.717) is 12.1 Å². The number of rotatable bonds is 3. The van der Waals surface area contributed by atoms with Gasteiger partial charge in [0.05, 0.1) is 11.8 Å². The number of hydrogen-bond acceptors (Lipinski definition) is 4. The van der Waals surface area contributed by atoms with Gasteiger partial charge in [-0.2, -0.15) is 4.40 Å². The van der Waals surface area contributed by atoms with Crippen molar-refractivity contribution in [3.05, 3.63) is 39.7 Å². The highest BCUT2D eigenvalue weighted by Gasteiger charge is 2.21. The van der Waals surface area contributed by atoms with Crippen LogP contribution in [0.1, 0.15) is 23.0 Å². The van der Waals surface area contributed by atoms with Crippen molar-refractivity contribution in [2.24, 2.45) is 0 Å². The van der Waals surface area contributed by atoms with Gasteiger partial charge in [0.2, 0.25) is 5.65 Å². The minimum Gasteiger partial charge on any atom is -0.478 e. The predicted octanol–water partition coefficient (Wildman–Crippen LogP) is 1.50. The van der Waals surface area contributed by atoms with E-state index < -0.39 is 10.9 Å². The van der Waals surface area contributed by atoms with Crippen molar-refractivity contribution in [2.75, 3.05) is 0 Å². The van der Waals surface area contributed by atoms with Crippen LogP contribution in [0.25, 0.3) is 5.65 Å². The predicted molar refractivity (Wildman–Crippen MR) is 58.2 cm³/mol. The van der Waals surface area contributed by atoms with Crippen LogP contribution in [0.5, 0.6) is 0 Å². The average molecular weight is 235 g/mol. The molecule has 0 aliphatic carbocycles. The van der Waals surface area contributed by atoms with Crippen molar-refractivity contribution in [3.63, 3.8) is 0 Å². The topological polar surface area (TPSA) is 97.7 Å². The first kappa shape index (κ1) is 11.1. The van der Waals surface area contributed by atoms with Gasteiger partial charge in [0.1, 0.15) is 5.69 Å². The summed E-state index contributed by atoms with van der Waals surface area (Å²) in [6.45, 7) is 1.76. The lowest BCUT2D eigenvalue weighted by atomic mass is 10.3. The minimum absolute atomic E-state index is 0.0556. The fraction of sp³-hybridized carbons (Fsp3) is 0.200. The molecular formula is C10H9N3O4. The number of hydrogen-bond donors (Lipinski definition) is 1. The van der Waals surface area contributed by atoms with Crippen LogP contribution < -0.4 is 0 Å². The van der Waals surface area contributed by atoms with Crippen LogP contribution in [0, 0.1) is 10.1 Å². The van der Waals surface area contributed by atoms with Gasteiger partial charge in [-0.05, 0) is 17.4 Å². The molecule has 7 nitrogen and oxygen atoms in total. The Balaban J connectivity index is 2.74. The molecule has 0 aliphatic heterocycles. The first-order chi connectivity index (χ1) is 8.04. The van der Waals surface area contributed by atoms with Crippen LogP contribution >= 0.6 is 0 Å². The molecule has 0 atom stereocenters. The van der Waals surface area contributed by atoms with Gasteiger partial charge in [-0.1, -0.05) is 6.92 Å². The fourth-order valence-electron chi connectivity index (χ4n) is 1.64. The van der Waals surface area contributed by atoms with E-state index in [1.165, 1.54) is 22.7 Å². The Morgan fingerprint density at radius 1 is 1.65 bits per heavy atom. The van der Waals surface area contributed by atoms with Crippen molar-refractivity contribution in [1.29, 1.82) is 0 Å². The normalized spacial score (nSPS) is 10.6. The van der Waals surface area contributed by atoms with Crippen LogP contribution in [-0.4, -0.2) is 25.4 Å². The number of aromatic nitrogens is 2. The monoisotopic (exact) mass is 235 g/mol. The maximum Gasteiger partial charge on any atom is 0.351 e. The second-order valence-electron chi connectivity index (χ2n) is 3.44. The van der Waals surface area contributed by atoms with E-state index in [9.17, 15) is 14.9 Å². The summed E-state index contributed by atoms with van der Waals surface area (Å²) in [6, 6.07) is 2.62. The van der Waals surface area contributed by atoms with Crippen LogP contribution in [0.4, 0.5) is 5.82 Å². The van der Waals surface area contributed by atoms with Gasteiger partial charge in [0.25, 0.3) is 0 Å². The number of fused-ring (bicyclic) bond motifs is 1. The summed E-state index contributed by atoms with van der Waals surface area (Å²) in [5, 5.41) is 19.7. The molecule has 1 N–H and O–H groups in total. The molecule has 0 bridgehead atoms. The molecule has 2 heterocycles. The highest BCUT2D eigenvalue weighted by Crippen LogP contribution is 2.21. The standard InChI is InChI=1S/C10H9N3O4/c1-2-7-9(13(16)17)12-4-3-6(10(14)15)5-8(12)11-7/h3-5H,2H2,1H3,(H,14,15). The number of carbonyl (C=O) groups is 1. The van der Waals surface area contributed by atoms with Gasteiger partial charge < -0.3 is 15.2 Å². The zero-order chi connectivity index (χ0) is 12.6. The fourth-order valence-corrected chi connectivity index (χ4v) is 1.64. The van der Waals surface area contributed by atoms with E-state index in [1.54, 1.807) is 6.92 Å². The lowest BCUT2D eigenvalue weighted by Gasteiger charge is -1.95. The smallest absolute Gasteiger partial charge is 0.351 e. The van der Waals surface area contributed by atoms with E-state index in [0.717, 1.165) is 0 Å². The summed E-state index contributed by atoms with van der Waals surface area (Å²) in [5.74, 6) is -1.20. The molecule has 17 heavy (non-hydrogen) atoms. The summed E-state index contributed by atoms with van der Waals surface area (Å²) in [4.78, 5) is 25.2. The van der Waals surface area contributed by atoms with Crippen LogP contribution in [0.15, 0.2) is 18.3 Å². The molecule has 0 aromatic carbocycles. The Morgan fingerprint density at radius 2 is 2.35 bits per heavy atom. The van der Waals surface area contributed by atoms with Gasteiger partial charge in [-0.25, -0.2) is 9.78 Å². The molecule has 0 radical (unpaired) electrons.